The van der Waals surface area contributed by atoms with Crippen molar-refractivity contribution in [2.24, 2.45) is 11.8 Å². The first-order valence-electron chi connectivity index (χ1n) is 16.9. The smallest absolute Gasteiger partial charge is 0.337 e. The summed E-state index contributed by atoms with van der Waals surface area (Å²) in [6.07, 6.45) is 1.94. The number of carbonyl (C=O) groups is 2. The van der Waals surface area contributed by atoms with Crippen LogP contribution in [0.2, 0.25) is 0 Å². The number of nitrogens with one attached hydrogen (secondary N) is 1. The molecule has 1 aromatic heterocycles. The number of likely N-dealkylation sites (N-methyl/N-ethyl adjacent to an activating group) is 1. The average Bonchev–Trinajstić information content (AvgIpc) is 3.39. The number of hydrogen-bond acceptors (Lipinski definition) is 6. The van der Waals surface area contributed by atoms with Gasteiger partial charge in [0.15, 0.2) is 0 Å². The Morgan fingerprint density at radius 3 is 2.19 bits per heavy atom. The van der Waals surface area contributed by atoms with Crippen LogP contribution in [0.1, 0.15) is 69.4 Å². The largest absolute Gasteiger partial charge is 0.465 e. The summed E-state index contributed by atoms with van der Waals surface area (Å²) in [4.78, 5) is 35.4. The summed E-state index contributed by atoms with van der Waals surface area (Å²) in [6, 6.07) is 24.0. The normalized spacial score (nSPS) is 11.9. The van der Waals surface area contributed by atoms with Gasteiger partial charge in [-0.15, -0.1) is 0 Å². The summed E-state index contributed by atoms with van der Waals surface area (Å²) >= 11 is 0. The quantitative estimate of drug-likeness (QED) is 0.128. The van der Waals surface area contributed by atoms with Crippen LogP contribution in [0, 0.1) is 11.8 Å². The van der Waals surface area contributed by atoms with Gasteiger partial charge in [-0.1, -0.05) is 64.1 Å². The fourth-order valence-corrected chi connectivity index (χ4v) is 5.99. The first-order chi connectivity index (χ1) is 22.4. The van der Waals surface area contributed by atoms with Gasteiger partial charge in [0.1, 0.15) is 0 Å². The highest BCUT2D eigenvalue weighted by atomic mass is 16.5. The third-order valence-electron chi connectivity index (χ3n) is 8.57. The summed E-state index contributed by atoms with van der Waals surface area (Å²) in [5, 5.41) is 3.48. The molecule has 1 amide bonds. The molecule has 0 saturated carbocycles. The Morgan fingerprint density at radius 2 is 1.57 bits per heavy atom. The average molecular weight is 640 g/mol. The molecule has 4 aromatic rings. The van der Waals surface area contributed by atoms with Gasteiger partial charge in [-0.05, 0) is 99.6 Å². The van der Waals surface area contributed by atoms with Crippen molar-refractivity contribution in [3.05, 3.63) is 89.5 Å². The minimum absolute atomic E-state index is 0.148. The van der Waals surface area contributed by atoms with Crippen LogP contribution in [0.4, 0.5) is 11.6 Å². The van der Waals surface area contributed by atoms with E-state index in [9.17, 15) is 9.59 Å². The second-order valence-corrected chi connectivity index (χ2v) is 14.0. The predicted molar refractivity (Wildman–Crippen MR) is 192 cm³/mol. The zero-order valence-electron chi connectivity index (χ0n) is 29.5. The number of aryl methyl sites for hydroxylation is 1. The lowest BCUT2D eigenvalue weighted by molar-refractivity contribution is -0.137. The molecule has 0 radical (unpaired) electrons. The maximum absolute atomic E-state index is 14.1. The number of imidazole rings is 1. The van der Waals surface area contributed by atoms with Crippen LogP contribution in [0.25, 0.3) is 11.0 Å². The molecule has 0 spiro atoms. The molecule has 0 aliphatic carbocycles. The number of fused-ring (bicyclic) bond motifs is 1. The monoisotopic (exact) mass is 639 g/mol. The molecule has 8 heteroatoms. The van der Waals surface area contributed by atoms with Crippen LogP contribution in [0.5, 0.6) is 0 Å². The molecule has 47 heavy (non-hydrogen) atoms. The van der Waals surface area contributed by atoms with Crippen LogP contribution in [0.15, 0.2) is 72.8 Å². The van der Waals surface area contributed by atoms with Crippen molar-refractivity contribution >= 4 is 34.5 Å². The molecule has 0 aliphatic heterocycles. The molecule has 1 heterocycles. The minimum Gasteiger partial charge on any atom is -0.465 e. The van der Waals surface area contributed by atoms with Crippen LogP contribution in [-0.4, -0.2) is 71.6 Å². The van der Waals surface area contributed by atoms with Gasteiger partial charge in [0.05, 0.1) is 29.1 Å². The fraction of sp³-hybridized carbons (Fsp3) is 0.462. The van der Waals surface area contributed by atoms with E-state index < -0.39 is 5.41 Å². The SMILES string of the molecule is COC(=O)c1ccc(Nc2nc3ccc(C(C)(C)C(=O)N(CC(C)C)CC(C)C)cc3n2CCCN(C)CCc2ccccc2)cc1. The van der Waals surface area contributed by atoms with E-state index in [1.807, 2.05) is 43.0 Å². The summed E-state index contributed by atoms with van der Waals surface area (Å²) < 4.78 is 7.08. The molecule has 8 nitrogen and oxygen atoms in total. The lowest BCUT2D eigenvalue weighted by atomic mass is 9.82. The Hall–Kier alpha value is -4.17. The number of carbonyl (C=O) groups excluding carboxylic acids is 2. The van der Waals surface area contributed by atoms with Crippen molar-refractivity contribution in [2.45, 2.75) is 66.3 Å². The molecule has 0 bridgehead atoms. The third-order valence-corrected chi connectivity index (χ3v) is 8.57. The van der Waals surface area contributed by atoms with Crippen molar-refractivity contribution in [1.82, 2.24) is 19.4 Å². The molecule has 3 aromatic carbocycles. The molecule has 0 saturated heterocycles. The van der Waals surface area contributed by atoms with Crippen molar-refractivity contribution in [3.63, 3.8) is 0 Å². The first-order valence-corrected chi connectivity index (χ1v) is 16.9. The van der Waals surface area contributed by atoms with E-state index in [0.717, 1.165) is 73.8 Å². The number of rotatable bonds is 16. The molecular weight excluding hydrogens is 586 g/mol. The standard InChI is InChI=1S/C39H53N5O3/c1-28(2)26-43(27-29(3)4)37(46)39(5,6)32-17-20-34-35(25-32)44(23-12-22-42(7)24-21-30-13-10-9-11-14-30)38(41-34)40-33-18-15-31(16-19-33)36(45)47-8/h9-11,13-20,25,28-29H,12,21-24,26-27H2,1-8H3,(H,40,41). The molecular formula is C39H53N5O3. The fourth-order valence-electron chi connectivity index (χ4n) is 5.99. The van der Waals surface area contributed by atoms with E-state index in [4.69, 9.17) is 9.72 Å². The van der Waals surface area contributed by atoms with E-state index in [1.54, 1.807) is 12.1 Å². The summed E-state index contributed by atoms with van der Waals surface area (Å²) in [6.45, 7) is 16.9. The number of hydrogen-bond donors (Lipinski definition) is 1. The predicted octanol–water partition coefficient (Wildman–Crippen LogP) is 7.55. The Kier molecular flexibility index (Phi) is 12.2. The number of nitrogens with zero attached hydrogens (tertiary/aromatic N) is 4. The van der Waals surface area contributed by atoms with Gasteiger partial charge in [0.25, 0.3) is 0 Å². The highest BCUT2D eigenvalue weighted by molar-refractivity contribution is 5.91. The van der Waals surface area contributed by atoms with E-state index >= 15 is 0 Å². The molecule has 0 aliphatic rings. The van der Waals surface area contributed by atoms with Crippen LogP contribution in [-0.2, 0) is 27.9 Å². The van der Waals surface area contributed by atoms with Crippen molar-refractivity contribution in [2.75, 3.05) is 45.7 Å². The van der Waals surface area contributed by atoms with Gasteiger partial charge in [-0.2, -0.15) is 0 Å². The highest BCUT2D eigenvalue weighted by Crippen LogP contribution is 2.32. The lowest BCUT2D eigenvalue weighted by Gasteiger charge is -2.34. The number of methoxy groups -OCH3 is 1. The van der Waals surface area contributed by atoms with Crippen LogP contribution < -0.4 is 5.32 Å². The van der Waals surface area contributed by atoms with Gasteiger partial charge in [0.2, 0.25) is 11.9 Å². The zero-order chi connectivity index (χ0) is 34.1. The Balaban J connectivity index is 1.62. The molecule has 252 valence electrons. The molecule has 4 rings (SSSR count). The molecule has 1 N–H and O–H groups in total. The van der Waals surface area contributed by atoms with Gasteiger partial charge >= 0.3 is 5.97 Å². The summed E-state index contributed by atoms with van der Waals surface area (Å²) in [5.41, 5.74) is 4.78. The van der Waals surface area contributed by atoms with Crippen LogP contribution >= 0.6 is 0 Å². The topological polar surface area (TPSA) is 79.7 Å². The van der Waals surface area contributed by atoms with Gasteiger partial charge in [-0.3, -0.25) is 4.79 Å². The van der Waals surface area contributed by atoms with Gasteiger partial charge < -0.3 is 24.4 Å². The van der Waals surface area contributed by atoms with E-state index in [-0.39, 0.29) is 11.9 Å². The molecule has 0 unspecified atom stereocenters. The Bertz CT molecular complexity index is 1600. The minimum atomic E-state index is -0.706. The summed E-state index contributed by atoms with van der Waals surface area (Å²) in [7, 11) is 3.55. The van der Waals surface area contributed by atoms with Crippen molar-refractivity contribution in [3.8, 4) is 0 Å². The van der Waals surface area contributed by atoms with Gasteiger partial charge in [0, 0.05) is 31.9 Å². The van der Waals surface area contributed by atoms with Gasteiger partial charge in [-0.25, -0.2) is 9.78 Å². The number of aromatic nitrogens is 2. The third kappa shape index (κ3) is 9.44. The number of esters is 1. The maximum Gasteiger partial charge on any atom is 0.337 e. The Morgan fingerprint density at radius 1 is 0.915 bits per heavy atom. The number of anilines is 2. The number of amides is 1. The number of benzene rings is 3. The maximum atomic E-state index is 14.1. The van der Waals surface area contributed by atoms with Crippen molar-refractivity contribution in [1.29, 1.82) is 0 Å². The second-order valence-electron chi connectivity index (χ2n) is 14.0. The molecule has 0 fully saturated rings. The first kappa shape index (κ1) is 35.7. The van der Waals surface area contributed by atoms with E-state index in [2.05, 4.69) is 85.9 Å². The zero-order valence-corrected chi connectivity index (χ0v) is 29.5. The lowest BCUT2D eigenvalue weighted by Crippen LogP contribution is -2.46. The molecule has 0 atom stereocenters. The van der Waals surface area contributed by atoms with E-state index in [0.29, 0.717) is 17.4 Å². The van der Waals surface area contributed by atoms with Crippen LogP contribution in [0.3, 0.4) is 0 Å². The Labute approximate surface area is 281 Å². The summed E-state index contributed by atoms with van der Waals surface area (Å²) in [5.74, 6) is 1.28. The number of ether oxygens (including phenoxy) is 1. The highest BCUT2D eigenvalue weighted by Gasteiger charge is 2.35. The van der Waals surface area contributed by atoms with Crippen molar-refractivity contribution < 1.29 is 14.3 Å². The van der Waals surface area contributed by atoms with E-state index in [1.165, 1.54) is 12.7 Å². The second kappa shape index (κ2) is 16.1.